The number of methoxy groups -OCH3 is 1. The summed E-state index contributed by atoms with van der Waals surface area (Å²) < 4.78 is 36.9. The molecule has 164 valence electrons. The van der Waals surface area contributed by atoms with E-state index < -0.39 is 16.0 Å². The number of hydrogen-bond acceptors (Lipinski definition) is 6. The highest BCUT2D eigenvalue weighted by Gasteiger charge is 2.22. The number of rotatable bonds is 6. The van der Waals surface area contributed by atoms with Crippen molar-refractivity contribution >= 4 is 38.1 Å². The van der Waals surface area contributed by atoms with Gasteiger partial charge in [0.15, 0.2) is 0 Å². The van der Waals surface area contributed by atoms with E-state index >= 15 is 0 Å². The Morgan fingerprint density at radius 3 is 2.56 bits per heavy atom. The molecule has 0 aliphatic carbocycles. The van der Waals surface area contributed by atoms with Crippen LogP contribution in [0.2, 0.25) is 0 Å². The van der Waals surface area contributed by atoms with Crippen molar-refractivity contribution in [3.63, 3.8) is 0 Å². The van der Waals surface area contributed by atoms with Crippen molar-refractivity contribution < 1.29 is 17.9 Å². The number of hydrogen-bond donors (Lipinski definition) is 1. The number of thiazole rings is 1. The first-order chi connectivity index (χ1) is 15.4. The summed E-state index contributed by atoms with van der Waals surface area (Å²) >= 11 is 1.20. The maximum atomic E-state index is 13.1. The van der Waals surface area contributed by atoms with Gasteiger partial charge in [0.25, 0.3) is 10.0 Å². The average molecular weight is 468 g/mol. The number of nitrogens with zero attached hydrogens (tertiary/aromatic N) is 2. The molecule has 0 aliphatic heterocycles. The second-order valence-corrected chi connectivity index (χ2v) is 9.67. The molecule has 0 unspecified atom stereocenters. The van der Waals surface area contributed by atoms with Gasteiger partial charge in [-0.3, -0.25) is 0 Å². The van der Waals surface area contributed by atoms with E-state index in [-0.39, 0.29) is 21.8 Å². The highest BCUT2D eigenvalue weighted by molar-refractivity contribution is 7.90. The van der Waals surface area contributed by atoms with Crippen molar-refractivity contribution in [2.45, 2.75) is 18.0 Å². The van der Waals surface area contributed by atoms with Crippen molar-refractivity contribution in [2.24, 2.45) is 10.1 Å². The summed E-state index contributed by atoms with van der Waals surface area (Å²) in [6, 6.07) is 19.9. The molecule has 0 atom stereocenters. The van der Waals surface area contributed by atoms with Gasteiger partial charge >= 0.3 is 5.97 Å². The van der Waals surface area contributed by atoms with Crippen LogP contribution >= 0.6 is 11.3 Å². The number of nitrogens with two attached hydrogens (primary N) is 1. The molecule has 0 saturated heterocycles. The third kappa shape index (κ3) is 4.36. The van der Waals surface area contributed by atoms with E-state index in [9.17, 15) is 13.2 Å². The number of ether oxygens (including phenoxy) is 1. The highest BCUT2D eigenvalue weighted by atomic mass is 32.2. The Labute approximate surface area is 189 Å². The van der Waals surface area contributed by atoms with E-state index in [0.29, 0.717) is 6.54 Å². The minimum atomic E-state index is -4.18. The van der Waals surface area contributed by atoms with Crippen LogP contribution in [0.15, 0.2) is 82.2 Å². The number of fused-ring (bicyclic) bond motifs is 1. The molecule has 4 aromatic rings. The van der Waals surface area contributed by atoms with Gasteiger partial charge < -0.3 is 15.0 Å². The Bertz CT molecular complexity index is 1460. The number of sulfonamides is 1. The van der Waals surface area contributed by atoms with Crippen LogP contribution in [-0.4, -0.2) is 26.1 Å². The minimum absolute atomic E-state index is 0.0602. The first kappa shape index (κ1) is 21.9. The fraction of sp³-hybridized carbons (Fsp3) is 0.130. The third-order valence-corrected chi connectivity index (χ3v) is 7.44. The number of carbonyl (C=O) groups excluding carboxylic acids is 1. The van der Waals surface area contributed by atoms with Crippen LogP contribution in [0.3, 0.4) is 0 Å². The molecule has 0 bridgehead atoms. The van der Waals surface area contributed by atoms with Crippen LogP contribution in [0.1, 0.15) is 20.8 Å². The predicted octanol–water partition coefficient (Wildman–Crippen LogP) is 3.29. The number of aromatic nitrogens is 1. The van der Waals surface area contributed by atoms with Crippen LogP contribution in [0.4, 0.5) is 0 Å². The molecule has 4 rings (SSSR count). The Morgan fingerprint density at radius 2 is 1.78 bits per heavy atom. The van der Waals surface area contributed by atoms with Gasteiger partial charge in [-0.25, -0.2) is 4.79 Å². The summed E-state index contributed by atoms with van der Waals surface area (Å²) in [6.45, 7) is 0.680. The van der Waals surface area contributed by atoms with Crippen molar-refractivity contribution in [3.8, 4) is 0 Å². The topological polar surface area (TPSA) is 104 Å². The Balaban J connectivity index is 1.83. The molecule has 32 heavy (non-hydrogen) atoms. The molecule has 0 spiro atoms. The van der Waals surface area contributed by atoms with E-state index in [0.717, 1.165) is 21.2 Å². The molecule has 7 nitrogen and oxygen atoms in total. The lowest BCUT2D eigenvalue weighted by Crippen LogP contribution is -2.18. The van der Waals surface area contributed by atoms with Gasteiger partial charge in [-0.1, -0.05) is 65.9 Å². The molecule has 1 aromatic heterocycles. The first-order valence-electron chi connectivity index (χ1n) is 9.77. The van der Waals surface area contributed by atoms with Gasteiger partial charge in [-0.05, 0) is 28.5 Å². The van der Waals surface area contributed by atoms with Crippen LogP contribution in [-0.2, 0) is 27.8 Å². The molecular formula is C23H21N3O4S2. The summed E-state index contributed by atoms with van der Waals surface area (Å²) in [5.74, 6) is -0.739. The normalized spacial score (nSPS) is 12.2. The van der Waals surface area contributed by atoms with E-state index in [1.165, 1.54) is 30.6 Å². The number of esters is 1. The molecule has 0 amide bonds. The second kappa shape index (κ2) is 9.07. The van der Waals surface area contributed by atoms with Gasteiger partial charge in [0.1, 0.15) is 4.90 Å². The lowest BCUT2D eigenvalue weighted by molar-refractivity contribution is 0.0596. The Hall–Kier alpha value is -3.27. The smallest absolute Gasteiger partial charge is 0.339 e. The molecule has 1 heterocycles. The van der Waals surface area contributed by atoms with Crippen molar-refractivity contribution in [1.29, 1.82) is 0 Å². The molecule has 0 radical (unpaired) electrons. The fourth-order valence-electron chi connectivity index (χ4n) is 3.45. The van der Waals surface area contributed by atoms with Gasteiger partial charge in [-0.2, -0.15) is 8.42 Å². The fourth-order valence-corrected chi connectivity index (χ4v) is 5.71. The van der Waals surface area contributed by atoms with Crippen LogP contribution < -0.4 is 10.5 Å². The molecular weight excluding hydrogens is 446 g/mol. The molecule has 9 heteroatoms. The van der Waals surface area contributed by atoms with Crippen molar-refractivity contribution in [2.75, 3.05) is 7.11 Å². The predicted molar refractivity (Wildman–Crippen MR) is 124 cm³/mol. The van der Waals surface area contributed by atoms with E-state index in [1.807, 2.05) is 48.7 Å². The van der Waals surface area contributed by atoms with Gasteiger partial charge in [0.05, 0.1) is 19.2 Å². The number of benzene rings is 3. The maximum Gasteiger partial charge on any atom is 0.339 e. The third-order valence-electron chi connectivity index (χ3n) is 4.96. The van der Waals surface area contributed by atoms with Crippen LogP contribution in [0, 0.1) is 0 Å². The second-order valence-electron chi connectivity index (χ2n) is 7.00. The molecule has 0 aliphatic rings. The Morgan fingerprint density at radius 1 is 1.06 bits per heavy atom. The summed E-state index contributed by atoms with van der Waals surface area (Å²) in [5, 5.41) is 2.17. The summed E-state index contributed by atoms with van der Waals surface area (Å²) in [4.78, 5) is 12.9. The van der Waals surface area contributed by atoms with E-state index in [1.54, 1.807) is 16.7 Å². The van der Waals surface area contributed by atoms with Gasteiger partial charge in [-0.15, -0.1) is 4.40 Å². The molecule has 0 fully saturated rings. The minimum Gasteiger partial charge on any atom is -0.465 e. The molecule has 2 N–H and O–H groups in total. The first-order valence-corrected chi connectivity index (χ1v) is 12.0. The lowest BCUT2D eigenvalue weighted by atomic mass is 10.0. The summed E-state index contributed by atoms with van der Waals surface area (Å²) in [5.41, 5.74) is 6.78. The summed E-state index contributed by atoms with van der Waals surface area (Å²) in [6.07, 6.45) is 1.81. The zero-order chi connectivity index (χ0) is 22.7. The zero-order valence-corrected chi connectivity index (χ0v) is 18.9. The van der Waals surface area contributed by atoms with Crippen molar-refractivity contribution in [1.82, 2.24) is 4.57 Å². The molecule has 3 aromatic carbocycles. The lowest BCUT2D eigenvalue weighted by Gasteiger charge is -2.08. The quantitative estimate of drug-likeness (QED) is 0.438. The zero-order valence-electron chi connectivity index (χ0n) is 17.3. The standard InChI is InChI=1S/C23H21N3O4S2/c1-30-22(27)20-11-4-5-12-21(20)32(28,29)25-23-26(15-18(13-24)31-23)14-17-9-6-8-16-7-2-3-10-19(16)17/h2-12,15H,13-14,24H2,1H3. The van der Waals surface area contributed by atoms with E-state index in [4.69, 9.17) is 10.5 Å². The van der Waals surface area contributed by atoms with E-state index in [2.05, 4.69) is 4.40 Å². The Kier molecular flexibility index (Phi) is 6.22. The van der Waals surface area contributed by atoms with Gasteiger partial charge in [0, 0.05) is 17.6 Å². The number of carbonyl (C=O) groups is 1. The van der Waals surface area contributed by atoms with Crippen LogP contribution in [0.25, 0.3) is 10.8 Å². The van der Waals surface area contributed by atoms with Gasteiger partial charge in [0.2, 0.25) is 4.80 Å². The maximum absolute atomic E-state index is 13.1. The highest BCUT2D eigenvalue weighted by Crippen LogP contribution is 2.21. The monoisotopic (exact) mass is 467 g/mol. The SMILES string of the molecule is COC(=O)c1ccccc1S(=O)(=O)N=c1sc(CN)cn1Cc1cccc2ccccc12. The average Bonchev–Trinajstić information content (AvgIpc) is 3.19. The largest absolute Gasteiger partial charge is 0.465 e. The summed E-state index contributed by atoms with van der Waals surface area (Å²) in [7, 11) is -2.98. The van der Waals surface area contributed by atoms with Crippen molar-refractivity contribution in [3.05, 3.63) is 93.7 Å². The van der Waals surface area contributed by atoms with Crippen LogP contribution in [0.5, 0.6) is 0 Å². The molecule has 0 saturated carbocycles.